The van der Waals surface area contributed by atoms with E-state index in [1.807, 2.05) is 25.1 Å². The number of thioether (sulfide) groups is 2. The molecule has 0 radical (unpaired) electrons. The van der Waals surface area contributed by atoms with Crippen molar-refractivity contribution in [3.8, 4) is 0 Å². The summed E-state index contributed by atoms with van der Waals surface area (Å²) in [4.78, 5) is 16.6. The minimum absolute atomic E-state index is 0.0155. The molecule has 5 heteroatoms. The van der Waals surface area contributed by atoms with Crippen LogP contribution in [0.2, 0.25) is 0 Å². The Morgan fingerprint density at radius 1 is 0.833 bits per heavy atom. The lowest BCUT2D eigenvalue weighted by Crippen LogP contribution is -2.27. The molecular weight excluding hydrogens is 426 g/mol. The highest BCUT2D eigenvalue weighted by molar-refractivity contribution is 8.27. The summed E-state index contributed by atoms with van der Waals surface area (Å²) >= 11 is 8.68. The van der Waals surface area contributed by atoms with E-state index in [9.17, 15) is 4.79 Å². The molecule has 0 saturated carbocycles. The standard InChI is InChI=1S/C25H19NOS3/c1-2-26-23(27)22(29-24(26)28)21-19-15-9-10-16-20(19)25(30-21,17-11-5-3-6-12-17)18-13-7-4-8-14-18/h3-16H,2H2,1H3/b22-21-. The number of fused-ring (bicyclic) bond motifs is 1. The Balaban J connectivity index is 1.80. The zero-order chi connectivity index (χ0) is 20.7. The van der Waals surface area contributed by atoms with E-state index in [2.05, 4.69) is 66.7 Å². The Kier molecular flexibility index (Phi) is 5.05. The van der Waals surface area contributed by atoms with Crippen LogP contribution in [0.1, 0.15) is 29.2 Å². The summed E-state index contributed by atoms with van der Waals surface area (Å²) in [7, 11) is 0. The van der Waals surface area contributed by atoms with Crippen molar-refractivity contribution in [3.63, 3.8) is 0 Å². The number of carbonyl (C=O) groups excluding carboxylic acids is 1. The number of thiocarbonyl (C=S) groups is 1. The van der Waals surface area contributed by atoms with Crippen LogP contribution in [-0.2, 0) is 9.54 Å². The lowest BCUT2D eigenvalue weighted by atomic mass is 9.82. The van der Waals surface area contributed by atoms with Crippen molar-refractivity contribution in [3.05, 3.63) is 112 Å². The highest BCUT2D eigenvalue weighted by atomic mass is 32.2. The van der Waals surface area contributed by atoms with Crippen LogP contribution in [0.3, 0.4) is 0 Å². The summed E-state index contributed by atoms with van der Waals surface area (Å²) in [6.45, 7) is 2.56. The van der Waals surface area contributed by atoms with Gasteiger partial charge in [-0.3, -0.25) is 9.69 Å². The monoisotopic (exact) mass is 445 g/mol. The SMILES string of the molecule is CCN1C(=O)/C(=C2/SC(c3ccccc3)(c3ccccc3)c3ccccc32)SC1=S. The number of hydrogen-bond donors (Lipinski definition) is 0. The molecule has 5 rings (SSSR count). The first-order chi connectivity index (χ1) is 14.7. The fourth-order valence-electron chi connectivity index (χ4n) is 4.17. The molecule has 0 unspecified atom stereocenters. The van der Waals surface area contributed by atoms with Gasteiger partial charge in [-0.15, -0.1) is 11.8 Å². The summed E-state index contributed by atoms with van der Waals surface area (Å²) in [5.41, 5.74) is 4.74. The van der Waals surface area contributed by atoms with Gasteiger partial charge in [-0.25, -0.2) is 0 Å². The maximum atomic E-state index is 13.2. The molecule has 0 N–H and O–H groups in total. The van der Waals surface area contributed by atoms with Gasteiger partial charge in [-0.2, -0.15) is 0 Å². The van der Waals surface area contributed by atoms with E-state index in [0.717, 1.165) is 15.4 Å². The van der Waals surface area contributed by atoms with Gasteiger partial charge in [0, 0.05) is 11.4 Å². The smallest absolute Gasteiger partial charge is 0.267 e. The Hall–Kier alpha value is -2.34. The Bertz CT molecular complexity index is 1130. The average Bonchev–Trinajstić information content (AvgIpc) is 3.29. The first kappa shape index (κ1) is 19.6. The molecule has 2 aliphatic heterocycles. The van der Waals surface area contributed by atoms with Crippen molar-refractivity contribution in [1.82, 2.24) is 4.90 Å². The van der Waals surface area contributed by atoms with Gasteiger partial charge in [0.2, 0.25) is 0 Å². The molecule has 3 aromatic rings. The highest BCUT2D eigenvalue weighted by Gasteiger charge is 2.48. The summed E-state index contributed by atoms with van der Waals surface area (Å²) < 4.78 is 0.226. The third kappa shape index (κ3) is 2.88. The van der Waals surface area contributed by atoms with Crippen LogP contribution in [0.25, 0.3) is 4.91 Å². The van der Waals surface area contributed by atoms with Gasteiger partial charge in [-0.05, 0) is 29.2 Å². The van der Waals surface area contributed by atoms with Crippen LogP contribution in [0, 0.1) is 0 Å². The quantitative estimate of drug-likeness (QED) is 0.349. The topological polar surface area (TPSA) is 20.3 Å². The first-order valence-electron chi connectivity index (χ1n) is 9.84. The van der Waals surface area contributed by atoms with Gasteiger partial charge in [0.15, 0.2) is 0 Å². The van der Waals surface area contributed by atoms with E-state index in [4.69, 9.17) is 12.2 Å². The van der Waals surface area contributed by atoms with Crippen molar-refractivity contribution < 1.29 is 4.79 Å². The Morgan fingerprint density at radius 3 is 1.97 bits per heavy atom. The van der Waals surface area contributed by atoms with Crippen molar-refractivity contribution >= 4 is 50.9 Å². The largest absolute Gasteiger partial charge is 0.293 e. The molecule has 2 heterocycles. The van der Waals surface area contributed by atoms with Crippen LogP contribution >= 0.6 is 35.7 Å². The number of rotatable bonds is 3. The van der Waals surface area contributed by atoms with Gasteiger partial charge in [-0.1, -0.05) is 109 Å². The molecule has 1 saturated heterocycles. The van der Waals surface area contributed by atoms with Crippen LogP contribution in [0.4, 0.5) is 0 Å². The van der Waals surface area contributed by atoms with Gasteiger partial charge in [0.1, 0.15) is 4.32 Å². The molecule has 1 fully saturated rings. The molecule has 1 amide bonds. The van der Waals surface area contributed by atoms with E-state index in [-0.39, 0.29) is 5.91 Å². The second-order valence-corrected chi connectivity index (χ2v) is 10.0. The molecule has 0 spiro atoms. The minimum Gasteiger partial charge on any atom is -0.293 e. The molecule has 0 bridgehead atoms. The summed E-state index contributed by atoms with van der Waals surface area (Å²) in [5, 5.41) is 0. The fraction of sp³-hybridized carbons (Fsp3) is 0.120. The molecule has 3 aromatic carbocycles. The second-order valence-electron chi connectivity index (χ2n) is 7.14. The fourth-order valence-corrected chi connectivity index (χ4v) is 7.35. The van der Waals surface area contributed by atoms with Crippen LogP contribution < -0.4 is 0 Å². The van der Waals surface area contributed by atoms with E-state index in [0.29, 0.717) is 10.9 Å². The Labute approximate surface area is 190 Å². The zero-order valence-corrected chi connectivity index (χ0v) is 18.8. The molecule has 0 aliphatic carbocycles. The molecular formula is C25H19NOS3. The summed E-state index contributed by atoms with van der Waals surface area (Å²) in [6, 6.07) is 29.6. The first-order valence-corrected chi connectivity index (χ1v) is 11.9. The molecule has 0 atom stereocenters. The van der Waals surface area contributed by atoms with E-state index >= 15 is 0 Å². The molecule has 2 nitrogen and oxygen atoms in total. The van der Waals surface area contributed by atoms with Gasteiger partial charge < -0.3 is 0 Å². The maximum absolute atomic E-state index is 13.2. The third-order valence-electron chi connectivity index (χ3n) is 5.54. The van der Waals surface area contributed by atoms with Crippen molar-refractivity contribution in [1.29, 1.82) is 0 Å². The summed E-state index contributed by atoms with van der Waals surface area (Å²) in [6.07, 6.45) is 0. The average molecular weight is 446 g/mol. The second kappa shape index (κ2) is 7.73. The zero-order valence-electron chi connectivity index (χ0n) is 16.4. The minimum atomic E-state index is -0.413. The van der Waals surface area contributed by atoms with Crippen molar-refractivity contribution in [2.75, 3.05) is 6.54 Å². The predicted octanol–water partition coefficient (Wildman–Crippen LogP) is 6.27. The van der Waals surface area contributed by atoms with E-state index in [1.54, 1.807) is 16.7 Å². The van der Waals surface area contributed by atoms with Crippen LogP contribution in [0.15, 0.2) is 89.8 Å². The number of nitrogens with zero attached hydrogens (tertiary/aromatic N) is 1. The van der Waals surface area contributed by atoms with Crippen molar-refractivity contribution in [2.45, 2.75) is 11.7 Å². The lowest BCUT2D eigenvalue weighted by Gasteiger charge is -2.31. The molecule has 148 valence electrons. The normalized spacial score (nSPS) is 20.0. The number of amides is 1. The van der Waals surface area contributed by atoms with Crippen LogP contribution in [-0.4, -0.2) is 21.7 Å². The molecule has 2 aliphatic rings. The number of benzene rings is 3. The summed E-state index contributed by atoms with van der Waals surface area (Å²) in [5.74, 6) is 0.0155. The highest BCUT2D eigenvalue weighted by Crippen LogP contribution is 2.63. The van der Waals surface area contributed by atoms with Gasteiger partial charge >= 0.3 is 0 Å². The number of carbonyl (C=O) groups is 1. The van der Waals surface area contributed by atoms with Crippen LogP contribution in [0.5, 0.6) is 0 Å². The Morgan fingerprint density at radius 2 is 1.40 bits per heavy atom. The molecule has 0 aromatic heterocycles. The van der Waals surface area contributed by atoms with Gasteiger partial charge in [0.05, 0.1) is 9.65 Å². The van der Waals surface area contributed by atoms with E-state index in [1.165, 1.54) is 28.5 Å². The van der Waals surface area contributed by atoms with E-state index < -0.39 is 4.75 Å². The predicted molar refractivity (Wildman–Crippen MR) is 131 cm³/mol. The maximum Gasteiger partial charge on any atom is 0.267 e. The lowest BCUT2D eigenvalue weighted by molar-refractivity contribution is -0.122. The van der Waals surface area contributed by atoms with Gasteiger partial charge in [0.25, 0.3) is 5.91 Å². The van der Waals surface area contributed by atoms with Crippen molar-refractivity contribution in [2.24, 2.45) is 0 Å². The molecule has 30 heavy (non-hydrogen) atoms. The third-order valence-corrected chi connectivity index (χ3v) is 8.74. The number of hydrogen-bond acceptors (Lipinski definition) is 4. The number of likely N-dealkylation sites (N-methyl/N-ethyl adjacent to an activating group) is 1.